The first-order valence-corrected chi connectivity index (χ1v) is 11.1. The molecule has 162 valence electrons. The van der Waals surface area contributed by atoms with Crippen LogP contribution in [0.15, 0.2) is 42.5 Å². The van der Waals surface area contributed by atoms with Crippen molar-refractivity contribution in [2.24, 2.45) is 0 Å². The van der Waals surface area contributed by atoms with Gasteiger partial charge >= 0.3 is 0 Å². The molecule has 0 radical (unpaired) electrons. The summed E-state index contributed by atoms with van der Waals surface area (Å²) < 4.78 is 31.4. The van der Waals surface area contributed by atoms with E-state index in [-0.39, 0.29) is 24.3 Å². The number of nitro benzene ring substituents is 1. The number of nitrogens with zero attached hydrogens (tertiary/aromatic N) is 2. The van der Waals surface area contributed by atoms with Gasteiger partial charge in [-0.1, -0.05) is 31.2 Å². The number of rotatable bonds is 9. The number of sulfonamides is 1. The Morgan fingerprint density at radius 3 is 2.50 bits per heavy atom. The van der Waals surface area contributed by atoms with Crippen molar-refractivity contribution in [3.8, 4) is 5.75 Å². The highest BCUT2D eigenvalue weighted by molar-refractivity contribution is 7.92. The van der Waals surface area contributed by atoms with E-state index in [0.29, 0.717) is 11.3 Å². The van der Waals surface area contributed by atoms with Gasteiger partial charge in [-0.25, -0.2) is 8.42 Å². The van der Waals surface area contributed by atoms with E-state index in [9.17, 15) is 23.3 Å². The number of non-ortho nitro benzene ring substituents is 1. The Labute approximate surface area is 175 Å². The van der Waals surface area contributed by atoms with Crippen LogP contribution in [0.2, 0.25) is 0 Å². The topological polar surface area (TPSA) is 119 Å². The zero-order chi connectivity index (χ0) is 22.5. The van der Waals surface area contributed by atoms with E-state index in [1.807, 2.05) is 0 Å². The first kappa shape index (κ1) is 23.1. The summed E-state index contributed by atoms with van der Waals surface area (Å²) in [6, 6.07) is 10.0. The van der Waals surface area contributed by atoms with Crippen LogP contribution in [0.5, 0.6) is 5.75 Å². The molecule has 0 aromatic heterocycles. The van der Waals surface area contributed by atoms with E-state index >= 15 is 0 Å². The van der Waals surface area contributed by atoms with Crippen LogP contribution in [0.1, 0.15) is 24.5 Å². The normalized spacial score (nSPS) is 12.1. The molecule has 0 aliphatic carbocycles. The molecular weight excluding hydrogens is 410 g/mol. The van der Waals surface area contributed by atoms with Crippen LogP contribution in [0, 0.1) is 17.0 Å². The number of aryl methyl sites for hydroxylation is 1. The van der Waals surface area contributed by atoms with Crippen LogP contribution in [-0.2, 0) is 21.4 Å². The summed E-state index contributed by atoms with van der Waals surface area (Å²) in [5.74, 6) is 0.0834. The maximum Gasteiger partial charge on any atom is 0.271 e. The number of anilines is 1. The van der Waals surface area contributed by atoms with Crippen LogP contribution < -0.4 is 14.4 Å². The summed E-state index contributed by atoms with van der Waals surface area (Å²) in [5.41, 5.74) is 1.09. The quantitative estimate of drug-likeness (QED) is 0.478. The largest absolute Gasteiger partial charge is 0.496 e. The fraction of sp³-hybridized carbons (Fsp3) is 0.350. The highest BCUT2D eigenvalue weighted by Gasteiger charge is 2.33. The molecule has 0 aliphatic rings. The Balaban J connectivity index is 2.39. The number of nitrogens with one attached hydrogen (secondary N) is 1. The molecule has 2 aromatic carbocycles. The third-order valence-corrected chi connectivity index (χ3v) is 5.78. The first-order valence-electron chi connectivity index (χ1n) is 9.24. The van der Waals surface area contributed by atoms with Crippen molar-refractivity contribution >= 4 is 27.3 Å². The lowest BCUT2D eigenvalue weighted by molar-refractivity contribution is -0.384. The zero-order valence-corrected chi connectivity index (χ0v) is 18.1. The summed E-state index contributed by atoms with van der Waals surface area (Å²) in [7, 11) is -2.39. The Bertz CT molecular complexity index is 1040. The number of carbonyl (C=O) groups excluding carboxylic acids is 1. The van der Waals surface area contributed by atoms with Crippen molar-refractivity contribution in [1.29, 1.82) is 0 Å². The Morgan fingerprint density at radius 1 is 1.27 bits per heavy atom. The van der Waals surface area contributed by atoms with Gasteiger partial charge in [-0.05, 0) is 25.0 Å². The molecule has 0 heterocycles. The van der Waals surface area contributed by atoms with Gasteiger partial charge in [0.15, 0.2) is 0 Å². The average molecular weight is 436 g/mol. The van der Waals surface area contributed by atoms with Crippen LogP contribution in [0.3, 0.4) is 0 Å². The second kappa shape index (κ2) is 9.57. The van der Waals surface area contributed by atoms with Crippen molar-refractivity contribution in [2.45, 2.75) is 32.9 Å². The molecule has 0 aliphatic heterocycles. The monoisotopic (exact) mass is 435 g/mol. The highest BCUT2D eigenvalue weighted by Crippen LogP contribution is 2.30. The fourth-order valence-electron chi connectivity index (χ4n) is 3.13. The molecule has 1 atom stereocenters. The SMILES string of the molecule is CCC(C(=O)NCc1ccccc1OC)N(c1cc([N+](=O)[O-])ccc1C)S(C)(=O)=O. The highest BCUT2D eigenvalue weighted by atomic mass is 32.2. The van der Waals surface area contributed by atoms with Crippen LogP contribution in [-0.4, -0.2) is 38.7 Å². The standard InChI is InChI=1S/C20H25N3O6S/c1-5-17(20(24)21-13-15-8-6-7-9-19(15)29-3)22(30(4,27)28)18-12-16(23(25)26)11-10-14(18)2/h6-12,17H,5,13H2,1-4H3,(H,21,24). The molecule has 0 fully saturated rings. The lowest BCUT2D eigenvalue weighted by atomic mass is 10.1. The Hall–Kier alpha value is -3.14. The zero-order valence-electron chi connectivity index (χ0n) is 17.3. The number of para-hydroxylation sites is 1. The molecule has 1 N–H and O–H groups in total. The summed E-state index contributed by atoms with van der Waals surface area (Å²) in [6.07, 6.45) is 1.15. The van der Waals surface area contributed by atoms with Crippen LogP contribution in [0.4, 0.5) is 11.4 Å². The van der Waals surface area contributed by atoms with Gasteiger partial charge in [0.25, 0.3) is 5.69 Å². The summed E-state index contributed by atoms with van der Waals surface area (Å²) in [5, 5.41) is 13.9. The predicted octanol–water partition coefficient (Wildman–Crippen LogP) is 2.77. The van der Waals surface area contributed by atoms with Crippen LogP contribution in [0.25, 0.3) is 0 Å². The lowest BCUT2D eigenvalue weighted by Gasteiger charge is -2.31. The molecule has 30 heavy (non-hydrogen) atoms. The number of nitro groups is 1. The maximum absolute atomic E-state index is 12.9. The van der Waals surface area contributed by atoms with Crippen LogP contribution >= 0.6 is 0 Å². The van der Waals surface area contributed by atoms with Gasteiger partial charge in [0, 0.05) is 24.2 Å². The number of methoxy groups -OCH3 is 1. The number of carbonyl (C=O) groups is 1. The molecule has 2 rings (SSSR count). The minimum absolute atomic E-state index is 0.103. The smallest absolute Gasteiger partial charge is 0.271 e. The van der Waals surface area contributed by atoms with E-state index in [2.05, 4.69) is 5.32 Å². The predicted molar refractivity (Wildman–Crippen MR) is 114 cm³/mol. The molecule has 1 amide bonds. The minimum Gasteiger partial charge on any atom is -0.496 e. The minimum atomic E-state index is -3.91. The first-order chi connectivity index (χ1) is 14.1. The Kier molecular flexibility index (Phi) is 7.38. The van der Waals surface area contributed by atoms with Crippen molar-refractivity contribution < 1.29 is 22.9 Å². The second-order valence-corrected chi connectivity index (χ2v) is 8.60. The van der Waals surface area contributed by atoms with Gasteiger partial charge in [-0.3, -0.25) is 19.2 Å². The summed E-state index contributed by atoms with van der Waals surface area (Å²) in [4.78, 5) is 23.5. The van der Waals surface area contributed by atoms with E-state index in [4.69, 9.17) is 4.74 Å². The van der Waals surface area contributed by atoms with E-state index in [0.717, 1.165) is 16.1 Å². The van der Waals surface area contributed by atoms with Gasteiger partial charge in [0.1, 0.15) is 11.8 Å². The molecule has 9 nitrogen and oxygen atoms in total. The number of benzene rings is 2. The number of hydrogen-bond donors (Lipinski definition) is 1. The molecule has 0 spiro atoms. The van der Waals surface area contributed by atoms with E-state index in [1.54, 1.807) is 38.1 Å². The maximum atomic E-state index is 12.9. The van der Waals surface area contributed by atoms with Crippen molar-refractivity contribution in [2.75, 3.05) is 17.7 Å². The van der Waals surface area contributed by atoms with Gasteiger partial charge < -0.3 is 10.1 Å². The molecule has 0 saturated carbocycles. The fourth-order valence-corrected chi connectivity index (χ4v) is 4.39. The van der Waals surface area contributed by atoms with Gasteiger partial charge in [0.05, 0.1) is 24.0 Å². The van der Waals surface area contributed by atoms with E-state index < -0.39 is 26.9 Å². The average Bonchev–Trinajstić information content (AvgIpc) is 2.70. The van der Waals surface area contributed by atoms with Crippen molar-refractivity contribution in [3.63, 3.8) is 0 Å². The number of hydrogen-bond acceptors (Lipinski definition) is 6. The molecular formula is C20H25N3O6S. The van der Waals surface area contributed by atoms with Crippen molar-refractivity contribution in [1.82, 2.24) is 5.32 Å². The molecule has 1 unspecified atom stereocenters. The molecule has 10 heteroatoms. The summed E-state index contributed by atoms with van der Waals surface area (Å²) >= 11 is 0. The van der Waals surface area contributed by atoms with E-state index in [1.165, 1.54) is 25.3 Å². The third-order valence-electron chi connectivity index (χ3n) is 4.62. The van der Waals surface area contributed by atoms with Gasteiger partial charge in [0.2, 0.25) is 15.9 Å². The number of ether oxygens (including phenoxy) is 1. The van der Waals surface area contributed by atoms with Gasteiger partial charge in [-0.15, -0.1) is 0 Å². The molecule has 2 aromatic rings. The Morgan fingerprint density at radius 2 is 1.93 bits per heavy atom. The molecule has 0 saturated heterocycles. The summed E-state index contributed by atoms with van der Waals surface area (Å²) in [6.45, 7) is 3.46. The third kappa shape index (κ3) is 5.26. The van der Waals surface area contributed by atoms with Crippen molar-refractivity contribution in [3.05, 3.63) is 63.7 Å². The lowest BCUT2D eigenvalue weighted by Crippen LogP contribution is -2.49. The van der Waals surface area contributed by atoms with Gasteiger partial charge in [-0.2, -0.15) is 0 Å². The molecule has 0 bridgehead atoms. The number of amides is 1. The second-order valence-electron chi connectivity index (χ2n) is 6.74.